The predicted octanol–water partition coefficient (Wildman–Crippen LogP) is 8.39. The van der Waals surface area contributed by atoms with Gasteiger partial charge in [-0.15, -0.1) is 0 Å². The number of hydrogen-bond donors (Lipinski definition) is 3. The summed E-state index contributed by atoms with van der Waals surface area (Å²) in [6.45, 7) is 14.2. The van der Waals surface area contributed by atoms with E-state index in [4.69, 9.17) is 6.57 Å². The van der Waals surface area contributed by atoms with Crippen LogP contribution < -0.4 is 16.0 Å². The third-order valence-electron chi connectivity index (χ3n) is 8.14. The molecule has 0 saturated heterocycles. The molecule has 0 aliphatic heterocycles. The summed E-state index contributed by atoms with van der Waals surface area (Å²) in [4.78, 5) is 45.0. The van der Waals surface area contributed by atoms with Crippen LogP contribution in [0.15, 0.2) is 66.7 Å². The number of hydrogen-bond acceptors (Lipinski definition) is 12. The Morgan fingerprint density at radius 2 is 0.968 bits per heavy atom. The third kappa shape index (κ3) is 34.4. The van der Waals surface area contributed by atoms with Gasteiger partial charge in [0.15, 0.2) is 5.69 Å². The van der Waals surface area contributed by atoms with Crippen molar-refractivity contribution in [2.75, 3.05) is 116 Å². The molecule has 3 aromatic rings. The van der Waals surface area contributed by atoms with E-state index < -0.39 is 11.6 Å². The summed E-state index contributed by atoms with van der Waals surface area (Å²) < 4.78 is 26.2. The van der Waals surface area contributed by atoms with Gasteiger partial charge in [-0.25, -0.2) is 13.6 Å². The summed E-state index contributed by atoms with van der Waals surface area (Å²) in [6.07, 6.45) is 1.66. The van der Waals surface area contributed by atoms with Gasteiger partial charge in [0, 0.05) is 79.9 Å². The van der Waals surface area contributed by atoms with Crippen molar-refractivity contribution in [3.05, 3.63) is 112 Å². The molecule has 0 bridgehead atoms. The molecule has 0 radical (unpaired) electrons. The average molecular weight is 984 g/mol. The van der Waals surface area contributed by atoms with E-state index in [1.165, 1.54) is 11.6 Å². The van der Waals surface area contributed by atoms with E-state index in [0.717, 1.165) is 90.4 Å². The van der Waals surface area contributed by atoms with Crippen LogP contribution in [-0.4, -0.2) is 148 Å². The molecule has 0 saturated carbocycles. The molecule has 0 fully saturated rings. The first kappa shape index (κ1) is 58.4. The van der Waals surface area contributed by atoms with Gasteiger partial charge in [0.25, 0.3) is 0 Å². The minimum absolute atomic E-state index is 0.0319. The quantitative estimate of drug-likeness (QED) is 0.0371. The van der Waals surface area contributed by atoms with Crippen LogP contribution >= 0.6 is 64.8 Å². The number of amides is 3. The number of carbonyl (C=O) groups excluding carboxylic acids is 3. The summed E-state index contributed by atoms with van der Waals surface area (Å²) in [6, 6.07) is 18.5. The normalized spacial score (nSPS) is 10.7. The molecular weight excluding hydrogens is 917 g/mol. The molecule has 0 atom stereocenters. The van der Waals surface area contributed by atoms with Crippen LogP contribution in [0, 0.1) is 25.1 Å². The van der Waals surface area contributed by atoms with Crippen LogP contribution in [0.4, 0.5) is 14.5 Å². The van der Waals surface area contributed by atoms with Gasteiger partial charge in [-0.05, 0) is 78.4 Å². The fraction of sp³-hybridized carbons (Fsp3) is 0.511. The van der Waals surface area contributed by atoms with Crippen molar-refractivity contribution in [1.29, 1.82) is 0 Å². The Bertz CT molecular complexity index is 1740. The highest BCUT2D eigenvalue weighted by Gasteiger charge is 2.09. The van der Waals surface area contributed by atoms with Crippen molar-refractivity contribution < 1.29 is 23.2 Å². The van der Waals surface area contributed by atoms with Gasteiger partial charge >= 0.3 is 0 Å². The Morgan fingerprint density at radius 3 is 1.41 bits per heavy atom. The largest absolute Gasteiger partial charge is 0.356 e. The van der Waals surface area contributed by atoms with E-state index in [2.05, 4.69) is 70.6 Å². The smallest absolute Gasteiger partial charge is 0.224 e. The fourth-order valence-corrected chi connectivity index (χ4v) is 10.9. The summed E-state index contributed by atoms with van der Waals surface area (Å²) in [5.74, 6) is 4.71. The Morgan fingerprint density at radius 1 is 0.556 bits per heavy atom. The van der Waals surface area contributed by atoms with Crippen LogP contribution in [0.25, 0.3) is 4.85 Å². The highest BCUT2D eigenvalue weighted by molar-refractivity contribution is 8.77. The lowest BCUT2D eigenvalue weighted by Crippen LogP contribution is -2.27. The maximum Gasteiger partial charge on any atom is 0.224 e. The van der Waals surface area contributed by atoms with Gasteiger partial charge in [0.05, 0.1) is 25.8 Å². The molecule has 0 unspecified atom stereocenters. The molecule has 10 nitrogen and oxygen atoms in total. The first-order valence-corrected chi connectivity index (χ1v) is 28.1. The SMILES string of the molecule is CN(C)CCSSCCCNC(=O)Cc1ccc(F)cc1F.Cc1ccc(CC(=O)NCCSSCCN(C)C)cc1.[C-]#[N+]c1ccc(CC(=O)NCCSSCCN(C)C)cc1. The molecule has 3 amide bonds. The van der Waals surface area contributed by atoms with Crippen molar-refractivity contribution >= 4 is 88.2 Å². The maximum absolute atomic E-state index is 13.4. The van der Waals surface area contributed by atoms with Gasteiger partial charge in [-0.2, -0.15) is 0 Å². The van der Waals surface area contributed by atoms with E-state index >= 15 is 0 Å². The van der Waals surface area contributed by atoms with Crippen LogP contribution in [0.1, 0.15) is 28.7 Å². The third-order valence-corrected chi connectivity index (χ3v) is 15.4. The molecule has 3 aromatic carbocycles. The first-order valence-electron chi connectivity index (χ1n) is 20.6. The topological polar surface area (TPSA) is 101 Å². The lowest BCUT2D eigenvalue weighted by Gasteiger charge is -2.08. The molecule has 350 valence electrons. The summed E-state index contributed by atoms with van der Waals surface area (Å²) in [5.41, 5.74) is 4.05. The summed E-state index contributed by atoms with van der Waals surface area (Å²) in [5, 5.41) is 8.63. The number of carbonyl (C=O) groups is 3. The van der Waals surface area contributed by atoms with Crippen molar-refractivity contribution in [3.8, 4) is 0 Å². The lowest BCUT2D eigenvalue weighted by molar-refractivity contribution is -0.121. The second kappa shape index (κ2) is 37.6. The number of rotatable bonds is 28. The van der Waals surface area contributed by atoms with Crippen LogP contribution in [-0.2, 0) is 33.6 Å². The molecule has 18 heteroatoms. The van der Waals surface area contributed by atoms with Crippen molar-refractivity contribution in [3.63, 3.8) is 0 Å². The number of halogens is 2. The van der Waals surface area contributed by atoms with E-state index in [0.29, 0.717) is 31.6 Å². The minimum atomic E-state index is -0.678. The molecule has 0 spiro atoms. The van der Waals surface area contributed by atoms with Crippen molar-refractivity contribution in [1.82, 2.24) is 30.7 Å². The highest BCUT2D eigenvalue weighted by atomic mass is 33.1. The average Bonchev–Trinajstić information content (AvgIpc) is 3.23. The second-order valence-electron chi connectivity index (χ2n) is 14.8. The molecule has 3 N–H and O–H groups in total. The van der Waals surface area contributed by atoms with Crippen molar-refractivity contribution in [2.24, 2.45) is 0 Å². The minimum Gasteiger partial charge on any atom is -0.356 e. The number of nitrogens with zero attached hydrogens (tertiary/aromatic N) is 4. The van der Waals surface area contributed by atoms with Gasteiger partial charge in [0.1, 0.15) is 11.6 Å². The van der Waals surface area contributed by atoms with Crippen LogP contribution in [0.2, 0.25) is 0 Å². The van der Waals surface area contributed by atoms with Gasteiger partial charge < -0.3 is 30.7 Å². The van der Waals surface area contributed by atoms with Crippen LogP contribution in [0.5, 0.6) is 0 Å². The monoisotopic (exact) mass is 983 g/mol. The Balaban J connectivity index is 0.000000473. The molecular formula is C45H67F2N7O3S6. The zero-order valence-electron chi connectivity index (χ0n) is 37.9. The van der Waals surface area contributed by atoms with Gasteiger partial charge in [-0.3, -0.25) is 14.4 Å². The first-order chi connectivity index (χ1) is 30.2. The van der Waals surface area contributed by atoms with E-state index in [9.17, 15) is 23.2 Å². The summed E-state index contributed by atoms with van der Waals surface area (Å²) >= 11 is 0. The Hall–Kier alpha value is -2.60. The fourth-order valence-electron chi connectivity index (χ4n) is 4.63. The Kier molecular flexibility index (Phi) is 34.9. The standard InChI is InChI=1S/C15H22F2N2OS2.C15H21N3OS2.C15H24N2OS2/c1-19(2)7-9-22-21-8-3-6-18-15(20)10-12-4-5-13(16)11-14(12)17;1-16-14-6-4-13(5-7-14)12-15(19)17-8-10-20-21-11-9-18(2)3;1-13-4-6-14(7-5-13)12-15(18)16-8-10-19-20-11-9-17(2)3/h4-5,11H,3,6-10H2,1-2H3,(H,18,20);4-7H,8-12H2,2-3H3,(H,17,19);4-7H,8-12H2,1-3H3,(H,16,18). The molecule has 63 heavy (non-hydrogen) atoms. The maximum atomic E-state index is 13.4. The Labute approximate surface area is 400 Å². The zero-order valence-corrected chi connectivity index (χ0v) is 42.8. The number of aryl methyl sites for hydroxylation is 1. The van der Waals surface area contributed by atoms with E-state index in [-0.39, 0.29) is 29.7 Å². The number of nitrogens with one attached hydrogen (secondary N) is 3. The van der Waals surface area contributed by atoms with Crippen LogP contribution in [0.3, 0.4) is 0 Å². The van der Waals surface area contributed by atoms with E-state index in [1.807, 2.05) is 93.7 Å². The van der Waals surface area contributed by atoms with Gasteiger partial charge in [0.2, 0.25) is 17.7 Å². The lowest BCUT2D eigenvalue weighted by atomic mass is 10.1. The predicted molar refractivity (Wildman–Crippen MR) is 275 cm³/mol. The molecule has 0 aliphatic rings. The highest BCUT2D eigenvalue weighted by Crippen LogP contribution is 2.22. The second-order valence-corrected chi connectivity index (χ2v) is 22.9. The molecule has 0 aromatic heterocycles. The molecule has 0 heterocycles. The van der Waals surface area contributed by atoms with Crippen molar-refractivity contribution in [2.45, 2.75) is 32.6 Å². The van der Waals surface area contributed by atoms with Gasteiger partial charge in [-0.1, -0.05) is 125 Å². The molecule has 0 aliphatic carbocycles. The zero-order chi connectivity index (χ0) is 46.7. The number of benzene rings is 3. The summed E-state index contributed by atoms with van der Waals surface area (Å²) in [7, 11) is 23.3. The molecule has 3 rings (SSSR count). The van der Waals surface area contributed by atoms with E-state index in [1.54, 1.807) is 33.7 Å².